The number of nitrogens with zero attached hydrogens (tertiary/aromatic N) is 1. The standard InChI is InChI=1S/C23H25NO4/c25-22(27-17-19-9-3-1-4-10-19)15-21-13-7-8-14-24(16-21)23(26)28-18-20-11-5-2-6-12-20/h1-12,21H,13-18H2/t21-/m0/s1. The highest BCUT2D eigenvalue weighted by atomic mass is 16.6. The van der Waals surface area contributed by atoms with Crippen LogP contribution < -0.4 is 0 Å². The maximum absolute atomic E-state index is 12.4. The second-order valence-electron chi connectivity index (χ2n) is 6.87. The molecule has 0 saturated carbocycles. The first-order valence-corrected chi connectivity index (χ1v) is 9.51. The molecular formula is C23H25NO4. The average Bonchev–Trinajstić information content (AvgIpc) is 2.97. The molecule has 0 unspecified atom stereocenters. The summed E-state index contributed by atoms with van der Waals surface area (Å²) in [5.41, 5.74) is 1.91. The molecule has 28 heavy (non-hydrogen) atoms. The van der Waals surface area contributed by atoms with E-state index in [0.29, 0.717) is 13.1 Å². The van der Waals surface area contributed by atoms with Gasteiger partial charge in [0, 0.05) is 13.1 Å². The smallest absolute Gasteiger partial charge is 0.410 e. The van der Waals surface area contributed by atoms with Crippen LogP contribution in [0.4, 0.5) is 4.79 Å². The zero-order valence-corrected chi connectivity index (χ0v) is 15.8. The van der Waals surface area contributed by atoms with Crippen LogP contribution in [-0.4, -0.2) is 30.1 Å². The molecule has 2 aromatic rings. The molecule has 0 aliphatic carbocycles. The Morgan fingerprint density at radius 2 is 1.46 bits per heavy atom. The van der Waals surface area contributed by atoms with E-state index in [2.05, 4.69) is 0 Å². The molecule has 0 fully saturated rings. The summed E-state index contributed by atoms with van der Waals surface area (Å²) in [4.78, 5) is 26.3. The lowest BCUT2D eigenvalue weighted by molar-refractivity contribution is -0.146. The van der Waals surface area contributed by atoms with Gasteiger partial charge in [-0.3, -0.25) is 4.79 Å². The predicted octanol–water partition coefficient (Wildman–Crippen LogP) is 4.33. The van der Waals surface area contributed by atoms with Gasteiger partial charge in [-0.1, -0.05) is 72.8 Å². The highest BCUT2D eigenvalue weighted by Gasteiger charge is 2.23. The normalized spacial score (nSPS) is 16.3. The van der Waals surface area contributed by atoms with Crippen LogP contribution in [-0.2, 0) is 27.5 Å². The fourth-order valence-corrected chi connectivity index (χ4v) is 3.09. The fourth-order valence-electron chi connectivity index (χ4n) is 3.09. The van der Waals surface area contributed by atoms with Gasteiger partial charge in [-0.15, -0.1) is 0 Å². The Morgan fingerprint density at radius 1 is 0.857 bits per heavy atom. The number of rotatable bonds is 6. The average molecular weight is 379 g/mol. The molecule has 0 saturated heterocycles. The summed E-state index contributed by atoms with van der Waals surface area (Å²) in [6.07, 6.45) is 4.61. The Morgan fingerprint density at radius 3 is 2.11 bits per heavy atom. The summed E-state index contributed by atoms with van der Waals surface area (Å²) in [5.74, 6) is -0.229. The third-order valence-corrected chi connectivity index (χ3v) is 4.60. The van der Waals surface area contributed by atoms with Gasteiger partial charge in [0.2, 0.25) is 0 Å². The number of allylic oxidation sites excluding steroid dienone is 1. The van der Waals surface area contributed by atoms with E-state index in [1.165, 1.54) is 0 Å². The van der Waals surface area contributed by atoms with Crippen molar-refractivity contribution in [3.63, 3.8) is 0 Å². The molecule has 0 radical (unpaired) electrons. The van der Waals surface area contributed by atoms with Gasteiger partial charge in [0.15, 0.2) is 0 Å². The van der Waals surface area contributed by atoms with Crippen LogP contribution in [0.25, 0.3) is 0 Å². The third kappa shape index (κ3) is 6.27. The lowest BCUT2D eigenvalue weighted by atomic mass is 10.0. The summed E-state index contributed by atoms with van der Waals surface area (Å²) in [6, 6.07) is 19.2. The molecule has 0 N–H and O–H groups in total. The van der Waals surface area contributed by atoms with E-state index in [-0.39, 0.29) is 37.6 Å². The summed E-state index contributed by atoms with van der Waals surface area (Å²) in [5, 5.41) is 0. The number of esters is 1. The zero-order chi connectivity index (χ0) is 19.6. The predicted molar refractivity (Wildman–Crippen MR) is 106 cm³/mol. The second kappa shape index (κ2) is 10.3. The number of ether oxygens (including phenoxy) is 2. The van der Waals surface area contributed by atoms with E-state index in [0.717, 1.165) is 17.5 Å². The van der Waals surface area contributed by atoms with Gasteiger partial charge in [-0.25, -0.2) is 4.79 Å². The van der Waals surface area contributed by atoms with E-state index in [9.17, 15) is 9.59 Å². The van der Waals surface area contributed by atoms with E-state index in [4.69, 9.17) is 9.47 Å². The molecule has 1 amide bonds. The summed E-state index contributed by atoms with van der Waals surface area (Å²) in [6.45, 7) is 1.47. The maximum atomic E-state index is 12.4. The van der Waals surface area contributed by atoms with E-state index >= 15 is 0 Å². The number of carbonyl (C=O) groups is 2. The number of hydrogen-bond donors (Lipinski definition) is 0. The highest BCUT2D eigenvalue weighted by Crippen LogP contribution is 2.18. The van der Waals surface area contributed by atoms with Crippen molar-refractivity contribution in [3.8, 4) is 0 Å². The molecule has 1 aliphatic rings. The lowest BCUT2D eigenvalue weighted by Crippen LogP contribution is -2.35. The van der Waals surface area contributed by atoms with Crippen molar-refractivity contribution in [2.45, 2.75) is 26.1 Å². The highest BCUT2D eigenvalue weighted by molar-refractivity contribution is 5.70. The van der Waals surface area contributed by atoms with Gasteiger partial charge in [0.25, 0.3) is 0 Å². The first-order valence-electron chi connectivity index (χ1n) is 9.51. The molecule has 0 aromatic heterocycles. The van der Waals surface area contributed by atoms with E-state index in [1.807, 2.05) is 72.8 Å². The topological polar surface area (TPSA) is 55.8 Å². The fraction of sp³-hybridized carbons (Fsp3) is 0.304. The Balaban J connectivity index is 1.46. The molecule has 0 spiro atoms. The maximum Gasteiger partial charge on any atom is 0.410 e. The van der Waals surface area contributed by atoms with Crippen LogP contribution in [0.1, 0.15) is 24.0 Å². The minimum atomic E-state index is -0.363. The molecule has 5 heteroatoms. The molecule has 1 aliphatic heterocycles. The number of benzene rings is 2. The minimum Gasteiger partial charge on any atom is -0.461 e. The third-order valence-electron chi connectivity index (χ3n) is 4.60. The second-order valence-corrected chi connectivity index (χ2v) is 6.87. The first kappa shape index (κ1) is 19.7. The van der Waals surface area contributed by atoms with Crippen LogP contribution in [0.5, 0.6) is 0 Å². The van der Waals surface area contributed by atoms with Crippen LogP contribution in [0.2, 0.25) is 0 Å². The quantitative estimate of drug-likeness (QED) is 0.554. The SMILES string of the molecule is O=C(C[C@@H]1CC=CCN(C(=O)OCc2ccccc2)C1)OCc1ccccc1. The first-order chi connectivity index (χ1) is 13.7. The van der Waals surface area contributed by atoms with Crippen molar-refractivity contribution < 1.29 is 19.1 Å². The Kier molecular flexibility index (Phi) is 7.24. The lowest BCUT2D eigenvalue weighted by Gasteiger charge is -2.23. The monoisotopic (exact) mass is 379 g/mol. The molecule has 146 valence electrons. The van der Waals surface area contributed by atoms with Gasteiger partial charge in [0.05, 0.1) is 6.42 Å². The molecule has 0 bridgehead atoms. The van der Waals surface area contributed by atoms with Crippen LogP contribution in [0, 0.1) is 5.92 Å². The summed E-state index contributed by atoms with van der Waals surface area (Å²) in [7, 11) is 0. The van der Waals surface area contributed by atoms with Crippen LogP contribution >= 0.6 is 0 Å². The zero-order valence-electron chi connectivity index (χ0n) is 15.8. The van der Waals surface area contributed by atoms with Crippen molar-refractivity contribution in [2.24, 2.45) is 5.92 Å². The van der Waals surface area contributed by atoms with Crippen molar-refractivity contribution in [2.75, 3.05) is 13.1 Å². The van der Waals surface area contributed by atoms with Crippen LogP contribution in [0.15, 0.2) is 72.8 Å². The molecule has 1 atom stereocenters. The number of carbonyl (C=O) groups excluding carboxylic acids is 2. The van der Waals surface area contributed by atoms with Gasteiger partial charge in [-0.2, -0.15) is 0 Å². The molecule has 3 rings (SSSR count). The largest absolute Gasteiger partial charge is 0.461 e. The Labute approximate surface area is 165 Å². The van der Waals surface area contributed by atoms with Gasteiger partial charge < -0.3 is 14.4 Å². The number of hydrogen-bond acceptors (Lipinski definition) is 4. The Bertz CT molecular complexity index is 789. The van der Waals surface area contributed by atoms with Gasteiger partial charge >= 0.3 is 12.1 Å². The van der Waals surface area contributed by atoms with Gasteiger partial charge in [0.1, 0.15) is 13.2 Å². The Hall–Kier alpha value is -3.08. The van der Waals surface area contributed by atoms with E-state index < -0.39 is 0 Å². The summed E-state index contributed by atoms with van der Waals surface area (Å²) >= 11 is 0. The van der Waals surface area contributed by atoms with Crippen molar-refractivity contribution in [3.05, 3.63) is 83.9 Å². The summed E-state index contributed by atoms with van der Waals surface area (Å²) < 4.78 is 10.8. The molecule has 1 heterocycles. The van der Waals surface area contributed by atoms with Crippen molar-refractivity contribution in [1.29, 1.82) is 0 Å². The van der Waals surface area contributed by atoms with Crippen molar-refractivity contribution >= 4 is 12.1 Å². The molecule has 5 nitrogen and oxygen atoms in total. The van der Waals surface area contributed by atoms with Gasteiger partial charge in [-0.05, 0) is 23.5 Å². The van der Waals surface area contributed by atoms with E-state index in [1.54, 1.807) is 4.90 Å². The molecule has 2 aromatic carbocycles. The number of amides is 1. The minimum absolute atomic E-state index is 0.0197. The van der Waals surface area contributed by atoms with Crippen LogP contribution in [0.3, 0.4) is 0 Å². The molecular weight excluding hydrogens is 354 g/mol. The van der Waals surface area contributed by atoms with Crippen molar-refractivity contribution in [1.82, 2.24) is 4.90 Å².